The third-order valence-electron chi connectivity index (χ3n) is 2.52. The highest BCUT2D eigenvalue weighted by Gasteiger charge is 2.60. The lowest BCUT2D eigenvalue weighted by molar-refractivity contribution is -0.259. The molecule has 3 nitrogen and oxygen atoms in total. The Morgan fingerprint density at radius 2 is 1.59 bits per heavy atom. The van der Waals surface area contributed by atoms with Crippen LogP contribution in [-0.4, -0.2) is 22.5 Å². The molecule has 0 fully saturated rings. The van der Waals surface area contributed by atoms with Crippen molar-refractivity contribution in [2.75, 3.05) is 0 Å². The topological polar surface area (TPSA) is 38.9 Å². The van der Waals surface area contributed by atoms with Crippen molar-refractivity contribution in [2.24, 2.45) is 0 Å². The number of alkyl halides is 6. The molecule has 0 radical (unpaired) electrons. The molecule has 0 unspecified atom stereocenters. The van der Waals surface area contributed by atoms with Crippen LogP contribution in [-0.2, 0) is 0 Å². The molecule has 11 heteroatoms. The Hall–Kier alpha value is -1.48. The molecule has 0 aliphatic rings. The van der Waals surface area contributed by atoms with Crippen LogP contribution in [0.1, 0.15) is 11.8 Å². The van der Waals surface area contributed by atoms with Crippen LogP contribution in [0.5, 0.6) is 0 Å². The van der Waals surface area contributed by atoms with Gasteiger partial charge in [-0.25, -0.2) is 0 Å². The quantitative estimate of drug-likeness (QED) is 0.683. The normalized spacial score (nSPS) is 13.0. The van der Waals surface area contributed by atoms with Crippen LogP contribution in [0.4, 0.5) is 26.3 Å². The second-order valence-corrected chi connectivity index (χ2v) is 4.94. The Morgan fingerprint density at radius 3 is 2.09 bits per heavy atom. The molecule has 22 heavy (non-hydrogen) atoms. The number of halogens is 8. The number of benzene rings is 1. The van der Waals surface area contributed by atoms with Gasteiger partial charge >= 0.3 is 12.4 Å². The molecular formula is C11H4Cl2F6N2O. The highest BCUT2D eigenvalue weighted by molar-refractivity contribution is 6.36. The summed E-state index contributed by atoms with van der Waals surface area (Å²) in [6, 6.07) is 3.80. The number of nitrogens with zero attached hydrogens (tertiary/aromatic N) is 2. The van der Waals surface area contributed by atoms with E-state index in [4.69, 9.17) is 23.2 Å². The van der Waals surface area contributed by atoms with Gasteiger partial charge in [0.15, 0.2) is 0 Å². The fourth-order valence-corrected chi connectivity index (χ4v) is 2.09. The highest BCUT2D eigenvalue weighted by Crippen LogP contribution is 2.46. The van der Waals surface area contributed by atoms with Crippen molar-refractivity contribution in [1.82, 2.24) is 10.1 Å². The largest absolute Gasteiger partial charge is 0.409 e. The van der Waals surface area contributed by atoms with E-state index < -0.39 is 30.0 Å². The van der Waals surface area contributed by atoms with Gasteiger partial charge in [-0.2, -0.15) is 31.3 Å². The predicted octanol–water partition coefficient (Wildman–Crippen LogP) is 5.25. The van der Waals surface area contributed by atoms with E-state index in [1.807, 2.05) is 0 Å². The monoisotopic (exact) mass is 364 g/mol. The van der Waals surface area contributed by atoms with Crippen LogP contribution in [0.2, 0.25) is 10.0 Å². The van der Waals surface area contributed by atoms with Crippen LogP contribution < -0.4 is 0 Å². The third kappa shape index (κ3) is 3.46. The summed E-state index contributed by atoms with van der Waals surface area (Å²) in [4.78, 5) is 3.16. The van der Waals surface area contributed by atoms with Gasteiger partial charge in [0, 0.05) is 10.6 Å². The van der Waals surface area contributed by atoms with Crippen molar-refractivity contribution in [1.29, 1.82) is 0 Å². The minimum atomic E-state index is -5.62. The van der Waals surface area contributed by atoms with E-state index in [0.717, 1.165) is 0 Å². The average molecular weight is 365 g/mol. The molecule has 0 saturated heterocycles. The van der Waals surface area contributed by atoms with Crippen molar-refractivity contribution in [2.45, 2.75) is 18.3 Å². The van der Waals surface area contributed by atoms with Gasteiger partial charge in [-0.1, -0.05) is 28.4 Å². The van der Waals surface area contributed by atoms with Crippen molar-refractivity contribution in [3.8, 4) is 11.4 Å². The first kappa shape index (κ1) is 16.9. The molecule has 0 aliphatic carbocycles. The van der Waals surface area contributed by atoms with Gasteiger partial charge in [-0.15, -0.1) is 0 Å². The van der Waals surface area contributed by atoms with Gasteiger partial charge in [0.25, 0.3) is 0 Å². The smallest absolute Gasteiger partial charge is 0.338 e. The summed E-state index contributed by atoms with van der Waals surface area (Å²) in [6.07, 6.45) is -11.2. The number of rotatable bonds is 2. The predicted molar refractivity (Wildman–Crippen MR) is 64.6 cm³/mol. The summed E-state index contributed by atoms with van der Waals surface area (Å²) in [7, 11) is 0. The number of hydrogen-bond acceptors (Lipinski definition) is 3. The maximum Gasteiger partial charge on any atom is 0.409 e. The van der Waals surface area contributed by atoms with Crippen molar-refractivity contribution in [3.63, 3.8) is 0 Å². The molecule has 1 heterocycles. The van der Waals surface area contributed by atoms with E-state index in [1.165, 1.54) is 18.2 Å². The van der Waals surface area contributed by atoms with E-state index in [-0.39, 0.29) is 15.6 Å². The molecule has 1 aromatic heterocycles. The van der Waals surface area contributed by atoms with Crippen LogP contribution >= 0.6 is 23.2 Å². The lowest BCUT2D eigenvalue weighted by Gasteiger charge is -2.18. The standard InChI is InChI=1S/C11H4Cl2F6N2O/c12-4-1-2-5(6(13)3-4)8-20-9(22-21-8)7(10(14,15)16)11(17,18)19/h1-3,7H. The summed E-state index contributed by atoms with van der Waals surface area (Å²) in [5.74, 6) is -5.98. The van der Waals surface area contributed by atoms with Crippen molar-refractivity contribution >= 4 is 23.2 Å². The van der Waals surface area contributed by atoms with Crippen LogP contribution in [0.25, 0.3) is 11.4 Å². The van der Waals surface area contributed by atoms with Gasteiger partial charge in [0.05, 0.1) is 5.02 Å². The van der Waals surface area contributed by atoms with Gasteiger partial charge in [-0.3, -0.25) is 0 Å². The summed E-state index contributed by atoms with van der Waals surface area (Å²) < 4.78 is 79.5. The maximum absolute atomic E-state index is 12.6. The minimum absolute atomic E-state index is 0.0100. The Bertz CT molecular complexity index is 668. The highest BCUT2D eigenvalue weighted by atomic mass is 35.5. The summed E-state index contributed by atoms with van der Waals surface area (Å²) >= 11 is 11.4. The van der Waals surface area contributed by atoms with Gasteiger partial charge in [0.1, 0.15) is 0 Å². The lowest BCUT2D eigenvalue weighted by Crippen LogP contribution is -2.34. The van der Waals surface area contributed by atoms with Crippen LogP contribution in [0.3, 0.4) is 0 Å². The summed E-state index contributed by atoms with van der Waals surface area (Å²) in [6.45, 7) is 0. The Kier molecular flexibility index (Phi) is 4.31. The van der Waals surface area contributed by atoms with Crippen molar-refractivity contribution in [3.05, 3.63) is 34.1 Å². The zero-order valence-corrected chi connectivity index (χ0v) is 11.6. The molecule has 0 saturated carbocycles. The van der Waals surface area contributed by atoms with E-state index in [0.29, 0.717) is 0 Å². The molecular weight excluding hydrogens is 361 g/mol. The zero-order valence-electron chi connectivity index (χ0n) is 10.1. The Morgan fingerprint density at radius 1 is 1.00 bits per heavy atom. The van der Waals surface area contributed by atoms with Gasteiger partial charge in [-0.05, 0) is 18.2 Å². The van der Waals surface area contributed by atoms with Gasteiger partial charge in [0.2, 0.25) is 17.6 Å². The average Bonchev–Trinajstić information content (AvgIpc) is 2.73. The molecule has 0 atom stereocenters. The molecule has 2 rings (SSSR count). The molecule has 0 N–H and O–H groups in total. The molecule has 2 aromatic rings. The zero-order chi connectivity index (χ0) is 16.7. The van der Waals surface area contributed by atoms with E-state index >= 15 is 0 Å². The molecule has 0 spiro atoms. The Balaban J connectivity index is 2.46. The van der Waals surface area contributed by atoms with E-state index in [9.17, 15) is 26.3 Å². The summed E-state index contributed by atoms with van der Waals surface area (Å²) in [5, 5.41) is 3.29. The first-order valence-electron chi connectivity index (χ1n) is 5.42. The van der Waals surface area contributed by atoms with Crippen LogP contribution in [0.15, 0.2) is 22.7 Å². The molecule has 0 bridgehead atoms. The molecule has 0 aliphatic heterocycles. The third-order valence-corrected chi connectivity index (χ3v) is 3.06. The fraction of sp³-hybridized carbons (Fsp3) is 0.273. The molecule has 1 aromatic carbocycles. The van der Waals surface area contributed by atoms with Crippen LogP contribution in [0, 0.1) is 0 Å². The fourth-order valence-electron chi connectivity index (χ4n) is 1.60. The second-order valence-electron chi connectivity index (χ2n) is 4.10. The summed E-state index contributed by atoms with van der Waals surface area (Å²) in [5.41, 5.74) is -0.0100. The first-order chi connectivity index (χ1) is 10.00. The van der Waals surface area contributed by atoms with E-state index in [2.05, 4.69) is 14.7 Å². The number of hydrogen-bond donors (Lipinski definition) is 0. The minimum Gasteiger partial charge on any atom is -0.338 e. The molecule has 0 amide bonds. The lowest BCUT2D eigenvalue weighted by atomic mass is 10.1. The maximum atomic E-state index is 12.6. The Labute approximate surface area is 128 Å². The second kappa shape index (κ2) is 5.62. The van der Waals surface area contributed by atoms with E-state index in [1.54, 1.807) is 0 Å². The van der Waals surface area contributed by atoms with Gasteiger partial charge < -0.3 is 4.52 Å². The molecule has 120 valence electrons. The first-order valence-corrected chi connectivity index (χ1v) is 6.18. The SMILES string of the molecule is FC(F)(F)C(c1nc(-c2ccc(Cl)cc2Cl)no1)C(F)(F)F. The van der Waals surface area contributed by atoms with Crippen molar-refractivity contribution < 1.29 is 30.9 Å². The number of aromatic nitrogens is 2.